The smallest absolute Gasteiger partial charge is 0.407 e. The Morgan fingerprint density at radius 2 is 1.32 bits per heavy atom. The molecule has 0 saturated carbocycles. The zero-order valence-corrected chi connectivity index (χ0v) is 33.0. The molecule has 1 amide bonds. The topological polar surface area (TPSA) is 94.2 Å². The van der Waals surface area contributed by atoms with Crippen molar-refractivity contribution in [2.45, 2.75) is 194 Å². The van der Waals surface area contributed by atoms with E-state index in [0.717, 1.165) is 128 Å². The van der Waals surface area contributed by atoms with Gasteiger partial charge in [0, 0.05) is 19.4 Å². The van der Waals surface area contributed by atoms with E-state index in [1.165, 1.54) is 32.1 Å². The third kappa shape index (κ3) is 28.4. The van der Waals surface area contributed by atoms with Crippen LogP contribution in [0.15, 0.2) is 23.8 Å². The Kier molecular flexibility index (Phi) is 27.7. The highest BCUT2D eigenvalue weighted by Gasteiger charge is 2.16. The van der Waals surface area contributed by atoms with Crippen molar-refractivity contribution in [1.82, 2.24) is 10.2 Å². The molecule has 0 radical (unpaired) electrons. The molecule has 0 spiro atoms. The molecular formula is C42H76N2O6. The lowest BCUT2D eigenvalue weighted by Gasteiger charge is -2.22. The summed E-state index contributed by atoms with van der Waals surface area (Å²) in [5.41, 5.74) is 0.644. The quantitative estimate of drug-likeness (QED) is 0.0436. The molecular weight excluding hydrogens is 628 g/mol. The summed E-state index contributed by atoms with van der Waals surface area (Å²) in [6.07, 6.45) is 30.2. The first-order valence-corrected chi connectivity index (χ1v) is 20.5. The van der Waals surface area contributed by atoms with Crippen LogP contribution in [0.2, 0.25) is 0 Å². The normalized spacial score (nSPS) is 13.6. The van der Waals surface area contributed by atoms with E-state index in [1.807, 2.05) is 26.8 Å². The number of hydrogen-bond acceptors (Lipinski definition) is 7. The van der Waals surface area contributed by atoms with Gasteiger partial charge in [-0.1, -0.05) is 103 Å². The molecule has 50 heavy (non-hydrogen) atoms. The van der Waals surface area contributed by atoms with E-state index in [0.29, 0.717) is 26.0 Å². The molecule has 0 heterocycles. The number of allylic oxidation sites excluding steroid dienone is 2. The third-order valence-electron chi connectivity index (χ3n) is 9.13. The highest BCUT2D eigenvalue weighted by atomic mass is 16.6. The lowest BCUT2D eigenvalue weighted by molar-refractivity contribution is -0.155. The van der Waals surface area contributed by atoms with Gasteiger partial charge in [-0.15, -0.1) is 0 Å². The molecule has 1 atom stereocenters. The summed E-state index contributed by atoms with van der Waals surface area (Å²) in [5.74, 6) is -0.132. The van der Waals surface area contributed by atoms with Crippen molar-refractivity contribution >= 4 is 18.0 Å². The average Bonchev–Trinajstić information content (AvgIpc) is 3.08. The lowest BCUT2D eigenvalue weighted by Crippen LogP contribution is -2.32. The van der Waals surface area contributed by atoms with Crippen molar-refractivity contribution < 1.29 is 28.6 Å². The summed E-state index contributed by atoms with van der Waals surface area (Å²) in [6.45, 7) is 14.0. The first-order chi connectivity index (χ1) is 24.1. The molecule has 0 bridgehead atoms. The van der Waals surface area contributed by atoms with E-state index < -0.39 is 5.60 Å². The zero-order chi connectivity index (χ0) is 36.7. The second-order valence-electron chi connectivity index (χ2n) is 15.2. The summed E-state index contributed by atoms with van der Waals surface area (Å²) in [7, 11) is 0. The van der Waals surface area contributed by atoms with Crippen LogP contribution in [-0.4, -0.2) is 67.4 Å². The highest BCUT2D eigenvalue weighted by Crippen LogP contribution is 2.16. The predicted octanol–water partition coefficient (Wildman–Crippen LogP) is 10.8. The van der Waals surface area contributed by atoms with E-state index in [4.69, 9.17) is 14.2 Å². The second-order valence-corrected chi connectivity index (χ2v) is 15.2. The second kappa shape index (κ2) is 30.3. The molecule has 0 aliphatic heterocycles. The van der Waals surface area contributed by atoms with Crippen molar-refractivity contribution in [3.63, 3.8) is 0 Å². The number of hydrogen-bond donors (Lipinski definition) is 1. The van der Waals surface area contributed by atoms with Gasteiger partial charge in [-0.2, -0.15) is 0 Å². The molecule has 0 aromatic heterocycles. The van der Waals surface area contributed by atoms with Gasteiger partial charge >= 0.3 is 18.0 Å². The summed E-state index contributed by atoms with van der Waals surface area (Å²) in [4.78, 5) is 39.1. The van der Waals surface area contributed by atoms with E-state index in [-0.39, 0.29) is 24.1 Å². The van der Waals surface area contributed by atoms with Crippen LogP contribution in [0, 0.1) is 0 Å². The van der Waals surface area contributed by atoms with Crippen molar-refractivity contribution in [2.75, 3.05) is 32.8 Å². The number of unbranched alkanes of at least 4 members (excludes halogenated alkanes) is 13. The Bertz CT molecular complexity index is 941. The van der Waals surface area contributed by atoms with Crippen molar-refractivity contribution in [3.05, 3.63) is 23.8 Å². The van der Waals surface area contributed by atoms with Crippen LogP contribution < -0.4 is 5.32 Å². The number of ether oxygens (including phenoxy) is 3. The van der Waals surface area contributed by atoms with Crippen LogP contribution in [0.5, 0.6) is 0 Å². The van der Waals surface area contributed by atoms with Gasteiger partial charge in [0.25, 0.3) is 0 Å². The maximum atomic E-state index is 12.4. The zero-order valence-electron chi connectivity index (χ0n) is 33.0. The predicted molar refractivity (Wildman–Crippen MR) is 206 cm³/mol. The van der Waals surface area contributed by atoms with Crippen molar-refractivity contribution in [1.29, 1.82) is 0 Å². The fourth-order valence-electron chi connectivity index (χ4n) is 6.21. The van der Waals surface area contributed by atoms with E-state index >= 15 is 0 Å². The molecule has 1 unspecified atom stereocenters. The number of nitrogens with zero attached hydrogens (tertiary/aromatic N) is 1. The van der Waals surface area contributed by atoms with Crippen molar-refractivity contribution in [2.24, 2.45) is 0 Å². The minimum absolute atomic E-state index is 0.0285. The van der Waals surface area contributed by atoms with Crippen LogP contribution in [0.1, 0.15) is 182 Å². The number of nitrogens with one attached hydrogen (secondary N) is 1. The maximum absolute atomic E-state index is 12.4. The molecule has 0 aromatic carbocycles. The first kappa shape index (κ1) is 45.7. The standard InChI is InChI=1S/C42H76N2O6/c1-6-8-9-10-13-21-29-38(7-2)49-39(45)30-22-14-11-16-24-33-44(34-25-17-12-15-23-31-40(46)50-42(3,4)5)35-26-32-43-41(47)48-36-37-27-19-18-20-28-37/h19,27-28,38H,6-18,20-26,29-36H2,1-5H3,(H,43,47). The summed E-state index contributed by atoms with van der Waals surface area (Å²) in [6, 6.07) is 0. The van der Waals surface area contributed by atoms with E-state index in [2.05, 4.69) is 36.2 Å². The summed E-state index contributed by atoms with van der Waals surface area (Å²) >= 11 is 0. The van der Waals surface area contributed by atoms with Crippen LogP contribution in [-0.2, 0) is 23.8 Å². The molecule has 0 aromatic rings. The van der Waals surface area contributed by atoms with Gasteiger partial charge < -0.3 is 24.4 Å². The molecule has 1 aliphatic carbocycles. The van der Waals surface area contributed by atoms with Gasteiger partial charge in [0.1, 0.15) is 18.3 Å². The first-order valence-electron chi connectivity index (χ1n) is 20.5. The average molecular weight is 705 g/mol. The lowest BCUT2D eigenvalue weighted by atomic mass is 10.1. The van der Waals surface area contributed by atoms with Gasteiger partial charge in [-0.3, -0.25) is 9.59 Å². The summed E-state index contributed by atoms with van der Waals surface area (Å²) in [5, 5.41) is 2.91. The highest BCUT2D eigenvalue weighted by molar-refractivity contribution is 5.70. The molecule has 290 valence electrons. The Hall–Kier alpha value is -2.35. The molecule has 8 nitrogen and oxygen atoms in total. The fourth-order valence-corrected chi connectivity index (χ4v) is 6.21. The fraction of sp³-hybridized carbons (Fsp3) is 0.833. The minimum atomic E-state index is -0.417. The van der Waals surface area contributed by atoms with Gasteiger partial charge in [0.05, 0.1) is 0 Å². The number of carbonyl (C=O) groups excluding carboxylic acids is 3. The van der Waals surface area contributed by atoms with E-state index in [1.54, 1.807) is 0 Å². The minimum Gasteiger partial charge on any atom is -0.462 e. The maximum Gasteiger partial charge on any atom is 0.407 e. The Morgan fingerprint density at radius 3 is 1.92 bits per heavy atom. The number of rotatable bonds is 31. The Morgan fingerprint density at radius 1 is 0.740 bits per heavy atom. The third-order valence-corrected chi connectivity index (χ3v) is 9.13. The summed E-state index contributed by atoms with van der Waals surface area (Å²) < 4.78 is 16.6. The van der Waals surface area contributed by atoms with Gasteiger partial charge in [0.2, 0.25) is 0 Å². The molecule has 8 heteroatoms. The van der Waals surface area contributed by atoms with Crippen LogP contribution in [0.3, 0.4) is 0 Å². The molecule has 0 saturated heterocycles. The van der Waals surface area contributed by atoms with Crippen LogP contribution >= 0.6 is 0 Å². The largest absolute Gasteiger partial charge is 0.462 e. The monoisotopic (exact) mass is 705 g/mol. The van der Waals surface area contributed by atoms with Gasteiger partial charge in [0.15, 0.2) is 0 Å². The van der Waals surface area contributed by atoms with Crippen LogP contribution in [0.4, 0.5) is 4.79 Å². The molecule has 1 N–H and O–H groups in total. The van der Waals surface area contributed by atoms with Gasteiger partial charge in [-0.05, 0) is 110 Å². The number of esters is 2. The SMILES string of the molecule is CCCCCCCCC(CC)OC(=O)CCCCCCCN(CCCCCCCC(=O)OC(C)(C)C)CCCNC(=O)OCC1=CCCC=C1. The Labute approximate surface area is 306 Å². The van der Waals surface area contributed by atoms with Gasteiger partial charge in [-0.25, -0.2) is 4.79 Å². The van der Waals surface area contributed by atoms with Crippen molar-refractivity contribution in [3.8, 4) is 0 Å². The van der Waals surface area contributed by atoms with E-state index in [9.17, 15) is 14.4 Å². The Balaban J connectivity index is 2.28. The molecule has 1 aliphatic rings. The number of carbonyl (C=O) groups is 3. The number of alkyl carbamates (subject to hydrolysis) is 1. The molecule has 0 fully saturated rings. The number of amides is 1. The molecule has 1 rings (SSSR count). The van der Waals surface area contributed by atoms with Crippen LogP contribution in [0.25, 0.3) is 0 Å².